The molecule has 144 valence electrons. The molecule has 7 nitrogen and oxygen atoms in total. The van der Waals surface area contributed by atoms with Gasteiger partial charge in [-0.25, -0.2) is 5.48 Å². The Balaban J connectivity index is 2.04. The zero-order valence-electron chi connectivity index (χ0n) is 15.5. The summed E-state index contributed by atoms with van der Waals surface area (Å²) in [4.78, 5) is 27.9. The minimum Gasteiger partial charge on any atom is -0.388 e. The van der Waals surface area contributed by atoms with Crippen LogP contribution in [0.25, 0.3) is 6.08 Å². The SMILES string of the molecule is CC(C)(O)C(NC(=O)c1ccc(C#C/C=C/c2ccncc2)cc1)C(=O)NO. The summed E-state index contributed by atoms with van der Waals surface area (Å²) in [5.41, 5.74) is 1.87. The minimum absolute atomic E-state index is 0.290. The van der Waals surface area contributed by atoms with Gasteiger partial charge in [0.15, 0.2) is 0 Å². The Bertz CT molecular complexity index is 905. The van der Waals surface area contributed by atoms with E-state index in [1.54, 1.807) is 42.7 Å². The van der Waals surface area contributed by atoms with Crippen LogP contribution >= 0.6 is 0 Å². The van der Waals surface area contributed by atoms with Crippen LogP contribution in [-0.2, 0) is 4.79 Å². The highest BCUT2D eigenvalue weighted by atomic mass is 16.5. The molecule has 7 heteroatoms. The Morgan fingerprint density at radius 3 is 2.36 bits per heavy atom. The van der Waals surface area contributed by atoms with Gasteiger partial charge in [0.2, 0.25) is 0 Å². The number of carbonyl (C=O) groups excluding carboxylic acids is 2. The number of amides is 2. The number of aliphatic hydroxyl groups is 1. The molecular weight excluding hydrogens is 358 g/mol. The molecular formula is C21H21N3O4. The number of nitrogens with one attached hydrogen (secondary N) is 2. The fraction of sp³-hybridized carbons (Fsp3) is 0.190. The van der Waals surface area contributed by atoms with Gasteiger partial charge in [-0.1, -0.05) is 11.8 Å². The van der Waals surface area contributed by atoms with Crippen molar-refractivity contribution in [2.75, 3.05) is 0 Å². The van der Waals surface area contributed by atoms with Crippen molar-refractivity contribution in [3.05, 3.63) is 71.6 Å². The van der Waals surface area contributed by atoms with Crippen molar-refractivity contribution in [1.29, 1.82) is 0 Å². The summed E-state index contributed by atoms with van der Waals surface area (Å²) < 4.78 is 0. The van der Waals surface area contributed by atoms with E-state index in [-0.39, 0.29) is 5.56 Å². The summed E-state index contributed by atoms with van der Waals surface area (Å²) in [5, 5.41) is 21.2. The molecule has 0 aliphatic carbocycles. The van der Waals surface area contributed by atoms with Gasteiger partial charge in [0.25, 0.3) is 11.8 Å². The molecule has 2 amide bonds. The van der Waals surface area contributed by atoms with Crippen molar-refractivity contribution in [2.45, 2.75) is 25.5 Å². The third kappa shape index (κ3) is 6.06. The zero-order valence-corrected chi connectivity index (χ0v) is 15.5. The van der Waals surface area contributed by atoms with Crippen LogP contribution in [-0.4, -0.2) is 38.8 Å². The topological polar surface area (TPSA) is 112 Å². The van der Waals surface area contributed by atoms with Gasteiger partial charge < -0.3 is 10.4 Å². The lowest BCUT2D eigenvalue weighted by atomic mass is 9.97. The van der Waals surface area contributed by atoms with Crippen LogP contribution in [0.5, 0.6) is 0 Å². The number of hydrogen-bond donors (Lipinski definition) is 4. The lowest BCUT2D eigenvalue weighted by Gasteiger charge is -2.28. The quantitative estimate of drug-likeness (QED) is 0.358. The number of hydrogen-bond acceptors (Lipinski definition) is 5. The van der Waals surface area contributed by atoms with Crippen LogP contribution in [0.2, 0.25) is 0 Å². The van der Waals surface area contributed by atoms with Gasteiger partial charge in [-0.2, -0.15) is 0 Å². The smallest absolute Gasteiger partial charge is 0.268 e. The maximum Gasteiger partial charge on any atom is 0.268 e. The molecule has 2 aromatic rings. The Kier molecular flexibility index (Phi) is 7.04. The zero-order chi connectivity index (χ0) is 20.6. The largest absolute Gasteiger partial charge is 0.388 e. The molecule has 4 N–H and O–H groups in total. The van der Waals surface area contributed by atoms with E-state index in [1.165, 1.54) is 19.3 Å². The van der Waals surface area contributed by atoms with Crippen LogP contribution in [0.4, 0.5) is 0 Å². The summed E-state index contributed by atoms with van der Waals surface area (Å²) in [6, 6.07) is 8.88. The van der Waals surface area contributed by atoms with Gasteiger partial charge in [-0.05, 0) is 68.0 Å². The summed E-state index contributed by atoms with van der Waals surface area (Å²) in [6.45, 7) is 2.71. The molecule has 0 radical (unpaired) electrons. The van der Waals surface area contributed by atoms with Crippen molar-refractivity contribution in [1.82, 2.24) is 15.8 Å². The molecule has 1 atom stereocenters. The predicted octanol–water partition coefficient (Wildman–Crippen LogP) is 1.52. The summed E-state index contributed by atoms with van der Waals surface area (Å²) in [5.74, 6) is 4.39. The van der Waals surface area contributed by atoms with Crippen molar-refractivity contribution >= 4 is 17.9 Å². The fourth-order valence-electron chi connectivity index (χ4n) is 2.28. The second-order valence-electron chi connectivity index (χ2n) is 6.50. The third-order valence-electron chi connectivity index (χ3n) is 3.78. The van der Waals surface area contributed by atoms with E-state index >= 15 is 0 Å². The fourth-order valence-corrected chi connectivity index (χ4v) is 2.28. The minimum atomic E-state index is -1.56. The Morgan fingerprint density at radius 1 is 1.14 bits per heavy atom. The van der Waals surface area contributed by atoms with E-state index < -0.39 is 23.5 Å². The Labute approximate surface area is 163 Å². The average Bonchev–Trinajstić information content (AvgIpc) is 2.69. The first kappa shape index (κ1) is 20.8. The summed E-state index contributed by atoms with van der Waals surface area (Å²) in [6.07, 6.45) is 6.98. The van der Waals surface area contributed by atoms with Crippen LogP contribution < -0.4 is 10.8 Å². The molecule has 0 aliphatic rings. The standard InChI is InChI=1S/C21H21N3O4/c1-21(2,27)18(20(26)24-28)23-19(25)17-9-7-15(8-10-17)5-3-4-6-16-11-13-22-14-12-16/h4,6-14,18,27-28H,1-2H3,(H,23,25)(H,24,26)/b6-4+. The van der Waals surface area contributed by atoms with E-state index in [0.717, 1.165) is 5.56 Å². The number of nitrogens with zero attached hydrogens (tertiary/aromatic N) is 1. The van der Waals surface area contributed by atoms with Crippen LogP contribution in [0.1, 0.15) is 35.3 Å². The van der Waals surface area contributed by atoms with E-state index in [9.17, 15) is 14.7 Å². The second-order valence-corrected chi connectivity index (χ2v) is 6.50. The van der Waals surface area contributed by atoms with E-state index in [2.05, 4.69) is 22.1 Å². The van der Waals surface area contributed by atoms with Gasteiger partial charge >= 0.3 is 0 Å². The number of pyridine rings is 1. The molecule has 0 saturated heterocycles. The lowest BCUT2D eigenvalue weighted by molar-refractivity contribution is -0.136. The maximum absolute atomic E-state index is 12.3. The number of carbonyl (C=O) groups is 2. The number of hydroxylamine groups is 1. The van der Waals surface area contributed by atoms with Gasteiger partial charge in [0, 0.05) is 23.5 Å². The molecule has 1 aromatic heterocycles. The van der Waals surface area contributed by atoms with Crippen molar-refractivity contribution < 1.29 is 19.9 Å². The maximum atomic E-state index is 12.3. The van der Waals surface area contributed by atoms with E-state index in [4.69, 9.17) is 5.21 Å². The van der Waals surface area contributed by atoms with Gasteiger partial charge in [-0.15, -0.1) is 0 Å². The molecule has 0 fully saturated rings. The molecule has 1 heterocycles. The second kappa shape index (κ2) is 9.46. The molecule has 0 spiro atoms. The normalized spacial score (nSPS) is 12.0. The van der Waals surface area contributed by atoms with E-state index in [1.807, 2.05) is 18.2 Å². The number of benzene rings is 1. The first-order valence-corrected chi connectivity index (χ1v) is 8.46. The van der Waals surface area contributed by atoms with Gasteiger partial charge in [-0.3, -0.25) is 19.8 Å². The Hall–Kier alpha value is -3.47. The van der Waals surface area contributed by atoms with Crippen molar-refractivity contribution in [2.24, 2.45) is 0 Å². The lowest BCUT2D eigenvalue weighted by Crippen LogP contribution is -2.57. The molecule has 2 rings (SSSR count). The van der Waals surface area contributed by atoms with Gasteiger partial charge in [0.05, 0.1) is 5.60 Å². The monoisotopic (exact) mass is 379 g/mol. The average molecular weight is 379 g/mol. The summed E-state index contributed by atoms with van der Waals surface area (Å²) in [7, 11) is 0. The van der Waals surface area contributed by atoms with Crippen LogP contribution in [0.3, 0.4) is 0 Å². The highest BCUT2D eigenvalue weighted by Gasteiger charge is 2.34. The van der Waals surface area contributed by atoms with E-state index in [0.29, 0.717) is 5.56 Å². The van der Waals surface area contributed by atoms with Crippen LogP contribution in [0.15, 0.2) is 54.9 Å². The molecule has 0 bridgehead atoms. The van der Waals surface area contributed by atoms with Crippen LogP contribution in [0, 0.1) is 11.8 Å². The molecule has 0 aliphatic heterocycles. The number of aromatic nitrogens is 1. The van der Waals surface area contributed by atoms with Crippen molar-refractivity contribution in [3.8, 4) is 11.8 Å². The predicted molar refractivity (Wildman–Crippen MR) is 104 cm³/mol. The third-order valence-corrected chi connectivity index (χ3v) is 3.78. The molecule has 28 heavy (non-hydrogen) atoms. The Morgan fingerprint density at radius 2 is 1.79 bits per heavy atom. The highest BCUT2D eigenvalue weighted by molar-refractivity contribution is 5.97. The first-order chi connectivity index (χ1) is 13.3. The number of allylic oxidation sites excluding steroid dienone is 1. The molecule has 1 aromatic carbocycles. The first-order valence-electron chi connectivity index (χ1n) is 8.46. The molecule has 1 unspecified atom stereocenters. The number of rotatable bonds is 5. The summed E-state index contributed by atoms with van der Waals surface area (Å²) >= 11 is 0. The molecule has 0 saturated carbocycles. The highest BCUT2D eigenvalue weighted by Crippen LogP contribution is 2.11. The van der Waals surface area contributed by atoms with Gasteiger partial charge in [0.1, 0.15) is 6.04 Å². The van der Waals surface area contributed by atoms with Crippen molar-refractivity contribution in [3.63, 3.8) is 0 Å².